The van der Waals surface area contributed by atoms with Crippen molar-refractivity contribution in [1.82, 2.24) is 5.32 Å². The summed E-state index contributed by atoms with van der Waals surface area (Å²) in [6.07, 6.45) is 1.14. The van der Waals surface area contributed by atoms with Gasteiger partial charge in [-0.25, -0.2) is 0 Å². The number of nitrogens with one attached hydrogen (secondary N) is 1. The third-order valence-electron chi connectivity index (χ3n) is 3.41. The molecule has 0 saturated heterocycles. The minimum Gasteiger partial charge on any atom is -0.488 e. The molecule has 2 aromatic rings. The maximum absolute atomic E-state index is 6.13. The number of rotatable bonds is 4. The van der Waals surface area contributed by atoms with Crippen molar-refractivity contribution in [1.29, 1.82) is 0 Å². The lowest BCUT2D eigenvalue weighted by Gasteiger charge is -2.12. The normalized spacial score (nSPS) is 16.8. The smallest absolute Gasteiger partial charge is 0.123 e. The van der Waals surface area contributed by atoms with Gasteiger partial charge in [0.1, 0.15) is 11.9 Å². The zero-order chi connectivity index (χ0) is 13.9. The first-order chi connectivity index (χ1) is 9.72. The molecule has 2 nitrogen and oxygen atoms in total. The quantitative estimate of drug-likeness (QED) is 0.890. The molecule has 104 valence electrons. The predicted octanol–water partition coefficient (Wildman–Crippen LogP) is 4.20. The van der Waals surface area contributed by atoms with Crippen LogP contribution in [0.3, 0.4) is 0 Å². The Kier molecular flexibility index (Phi) is 4.29. The molecule has 0 amide bonds. The van der Waals surface area contributed by atoms with Crippen LogP contribution < -0.4 is 10.1 Å². The van der Waals surface area contributed by atoms with Gasteiger partial charge in [-0.15, -0.1) is 0 Å². The van der Waals surface area contributed by atoms with E-state index in [4.69, 9.17) is 16.3 Å². The monoisotopic (exact) mass is 351 g/mol. The predicted molar refractivity (Wildman–Crippen MR) is 85.4 cm³/mol. The van der Waals surface area contributed by atoms with Crippen LogP contribution in [0.4, 0.5) is 0 Å². The molecule has 1 unspecified atom stereocenters. The Balaban J connectivity index is 1.53. The largest absolute Gasteiger partial charge is 0.488 e. The fourth-order valence-corrected chi connectivity index (χ4v) is 3.02. The van der Waals surface area contributed by atoms with E-state index in [1.54, 1.807) is 0 Å². The van der Waals surface area contributed by atoms with Crippen molar-refractivity contribution in [3.8, 4) is 5.75 Å². The van der Waals surface area contributed by atoms with Gasteiger partial charge in [0.25, 0.3) is 0 Å². The van der Waals surface area contributed by atoms with Crippen molar-refractivity contribution in [3.05, 3.63) is 63.1 Å². The van der Waals surface area contributed by atoms with Crippen molar-refractivity contribution < 1.29 is 4.74 Å². The first-order valence-corrected chi connectivity index (χ1v) is 7.78. The molecule has 3 rings (SSSR count). The number of ether oxygens (including phenoxy) is 1. The van der Waals surface area contributed by atoms with Crippen molar-refractivity contribution in [2.24, 2.45) is 0 Å². The molecule has 1 aliphatic heterocycles. The Hall–Kier alpha value is -1.03. The van der Waals surface area contributed by atoms with Gasteiger partial charge in [-0.1, -0.05) is 45.7 Å². The Morgan fingerprint density at radius 3 is 2.95 bits per heavy atom. The lowest BCUT2D eigenvalue weighted by molar-refractivity contribution is 0.227. The molecule has 0 saturated carbocycles. The molecule has 0 spiro atoms. The summed E-state index contributed by atoms with van der Waals surface area (Å²) in [5.74, 6) is 0.998. The van der Waals surface area contributed by atoms with E-state index in [9.17, 15) is 0 Å². The summed E-state index contributed by atoms with van der Waals surface area (Å²) in [7, 11) is 0. The van der Waals surface area contributed by atoms with Gasteiger partial charge in [0, 0.05) is 29.0 Å². The fourth-order valence-electron chi connectivity index (χ4n) is 2.41. The van der Waals surface area contributed by atoms with Gasteiger partial charge in [0.15, 0.2) is 0 Å². The van der Waals surface area contributed by atoms with Gasteiger partial charge >= 0.3 is 0 Å². The van der Waals surface area contributed by atoms with Crippen LogP contribution in [0.15, 0.2) is 46.9 Å². The van der Waals surface area contributed by atoms with Gasteiger partial charge in [0.05, 0.1) is 0 Å². The van der Waals surface area contributed by atoms with E-state index >= 15 is 0 Å². The van der Waals surface area contributed by atoms with Crippen molar-refractivity contribution in [2.75, 3.05) is 6.54 Å². The molecule has 1 aliphatic rings. The first-order valence-electron chi connectivity index (χ1n) is 6.61. The highest BCUT2D eigenvalue weighted by molar-refractivity contribution is 9.10. The summed E-state index contributed by atoms with van der Waals surface area (Å²) in [6, 6.07) is 14.1. The van der Waals surface area contributed by atoms with Crippen LogP contribution >= 0.6 is 27.5 Å². The highest BCUT2D eigenvalue weighted by Gasteiger charge is 2.22. The van der Waals surface area contributed by atoms with E-state index in [1.165, 1.54) is 5.56 Å². The summed E-state index contributed by atoms with van der Waals surface area (Å²) in [4.78, 5) is 0. The minimum absolute atomic E-state index is 0.196. The van der Waals surface area contributed by atoms with Crippen molar-refractivity contribution in [3.63, 3.8) is 0 Å². The second-order valence-electron chi connectivity index (χ2n) is 4.92. The van der Waals surface area contributed by atoms with E-state index in [1.807, 2.05) is 36.4 Å². The van der Waals surface area contributed by atoms with E-state index in [2.05, 4.69) is 27.3 Å². The molecule has 0 radical (unpaired) electrons. The van der Waals surface area contributed by atoms with Gasteiger partial charge in [-0.2, -0.15) is 0 Å². The third-order valence-corrected chi connectivity index (χ3v) is 4.27. The Labute approximate surface area is 132 Å². The van der Waals surface area contributed by atoms with E-state index in [-0.39, 0.29) is 6.10 Å². The minimum atomic E-state index is 0.196. The summed E-state index contributed by atoms with van der Waals surface area (Å²) in [5, 5.41) is 4.22. The first kappa shape index (κ1) is 13.9. The third kappa shape index (κ3) is 3.17. The van der Waals surface area contributed by atoms with Gasteiger partial charge in [-0.3, -0.25) is 0 Å². The maximum atomic E-state index is 6.13. The second-order valence-corrected chi connectivity index (χ2v) is 6.24. The van der Waals surface area contributed by atoms with Gasteiger partial charge < -0.3 is 10.1 Å². The highest BCUT2D eigenvalue weighted by Crippen LogP contribution is 2.31. The Morgan fingerprint density at radius 2 is 2.10 bits per heavy atom. The lowest BCUT2D eigenvalue weighted by Crippen LogP contribution is -2.29. The Morgan fingerprint density at radius 1 is 1.25 bits per heavy atom. The van der Waals surface area contributed by atoms with Crippen molar-refractivity contribution >= 4 is 27.5 Å². The molecule has 4 heteroatoms. The number of hydrogen-bond donors (Lipinski definition) is 1. The Bertz CT molecular complexity index is 617. The van der Waals surface area contributed by atoms with Crippen LogP contribution in [0.2, 0.25) is 5.02 Å². The summed E-state index contributed by atoms with van der Waals surface area (Å²) >= 11 is 9.62. The molecule has 20 heavy (non-hydrogen) atoms. The van der Waals surface area contributed by atoms with Crippen LogP contribution in [0.1, 0.15) is 11.1 Å². The lowest BCUT2D eigenvalue weighted by atomic mass is 10.1. The van der Waals surface area contributed by atoms with Gasteiger partial charge in [-0.05, 0) is 35.4 Å². The average molecular weight is 353 g/mol. The topological polar surface area (TPSA) is 21.3 Å². The van der Waals surface area contributed by atoms with Crippen LogP contribution in [-0.4, -0.2) is 12.6 Å². The molecule has 1 atom stereocenters. The molecular weight excluding hydrogens is 338 g/mol. The van der Waals surface area contributed by atoms with E-state index in [0.717, 1.165) is 40.3 Å². The van der Waals surface area contributed by atoms with Crippen LogP contribution in [0.25, 0.3) is 0 Å². The molecule has 1 heterocycles. The number of halogens is 2. The number of fused-ring (bicyclic) bond motifs is 1. The maximum Gasteiger partial charge on any atom is 0.123 e. The average Bonchev–Trinajstić information content (AvgIpc) is 2.83. The molecule has 0 aromatic heterocycles. The number of hydrogen-bond acceptors (Lipinski definition) is 2. The second kappa shape index (κ2) is 6.17. The van der Waals surface area contributed by atoms with Crippen LogP contribution in [-0.2, 0) is 13.0 Å². The molecule has 0 aliphatic carbocycles. The molecule has 0 bridgehead atoms. The molecular formula is C16H15BrClNO. The summed E-state index contributed by atoms with van der Waals surface area (Å²) in [6.45, 7) is 1.58. The molecule has 2 aromatic carbocycles. The van der Waals surface area contributed by atoms with E-state index in [0.29, 0.717) is 0 Å². The highest BCUT2D eigenvalue weighted by atomic mass is 79.9. The zero-order valence-electron chi connectivity index (χ0n) is 10.9. The van der Waals surface area contributed by atoms with E-state index < -0.39 is 0 Å². The standard InChI is InChI=1S/C16H15BrClNO/c17-13-5-6-16-12(7-13)8-14(20-16)10-19-9-11-3-1-2-4-15(11)18/h1-7,14,19H,8-10H2. The van der Waals surface area contributed by atoms with Gasteiger partial charge in [0.2, 0.25) is 0 Å². The molecule has 0 fully saturated rings. The van der Waals surface area contributed by atoms with Crippen LogP contribution in [0, 0.1) is 0 Å². The van der Waals surface area contributed by atoms with Crippen molar-refractivity contribution in [2.45, 2.75) is 19.1 Å². The SMILES string of the molecule is Clc1ccccc1CNCC1Cc2cc(Br)ccc2O1. The zero-order valence-corrected chi connectivity index (χ0v) is 13.2. The van der Waals surface area contributed by atoms with Crippen LogP contribution in [0.5, 0.6) is 5.75 Å². The number of benzene rings is 2. The fraction of sp³-hybridized carbons (Fsp3) is 0.250. The summed E-state index contributed by atoms with van der Waals surface area (Å²) < 4.78 is 7.02. The summed E-state index contributed by atoms with van der Waals surface area (Å²) in [5.41, 5.74) is 2.39. The molecule has 1 N–H and O–H groups in total.